The number of Topliss-reactive ketones (excluding diaryl/α,β-unsaturated/α-hetero) is 1. The molecular formula is C22H20N2O5. The van der Waals surface area contributed by atoms with Gasteiger partial charge in [-0.1, -0.05) is 12.8 Å². The van der Waals surface area contributed by atoms with Crippen LogP contribution in [0.4, 0.5) is 0 Å². The van der Waals surface area contributed by atoms with E-state index < -0.39 is 17.7 Å². The highest BCUT2D eigenvalue weighted by molar-refractivity contribution is 6.46. The largest absolute Gasteiger partial charge is 0.507 e. The first-order valence-corrected chi connectivity index (χ1v) is 9.75. The molecule has 1 amide bonds. The van der Waals surface area contributed by atoms with E-state index in [0.29, 0.717) is 17.1 Å². The molecular weight excluding hydrogens is 372 g/mol. The van der Waals surface area contributed by atoms with Gasteiger partial charge in [-0.05, 0) is 48.7 Å². The second-order valence-electron chi connectivity index (χ2n) is 7.49. The third kappa shape index (κ3) is 2.85. The van der Waals surface area contributed by atoms with Gasteiger partial charge >= 0.3 is 0 Å². The number of amides is 1. The van der Waals surface area contributed by atoms with Gasteiger partial charge in [-0.3, -0.25) is 14.6 Å². The van der Waals surface area contributed by atoms with Crippen LogP contribution in [0, 0.1) is 0 Å². The van der Waals surface area contributed by atoms with Gasteiger partial charge in [0.25, 0.3) is 11.7 Å². The molecule has 2 fully saturated rings. The highest BCUT2D eigenvalue weighted by Crippen LogP contribution is 2.44. The summed E-state index contributed by atoms with van der Waals surface area (Å²) in [6.07, 6.45) is 7.03. The minimum atomic E-state index is -0.658. The van der Waals surface area contributed by atoms with Crippen molar-refractivity contribution in [3.05, 3.63) is 59.4 Å². The number of aliphatic hydroxyl groups excluding tert-OH is 1. The maximum absolute atomic E-state index is 13.0. The molecule has 0 bridgehead atoms. The van der Waals surface area contributed by atoms with Crippen molar-refractivity contribution in [1.29, 1.82) is 0 Å². The summed E-state index contributed by atoms with van der Waals surface area (Å²) in [6, 6.07) is 7.90. The number of aliphatic hydroxyl groups is 1. The number of pyridine rings is 1. The number of hydrogen-bond acceptors (Lipinski definition) is 6. The lowest BCUT2D eigenvalue weighted by Gasteiger charge is -2.30. The van der Waals surface area contributed by atoms with Crippen molar-refractivity contribution >= 4 is 17.4 Å². The summed E-state index contributed by atoms with van der Waals surface area (Å²) in [5, 5.41) is 11.1. The molecule has 29 heavy (non-hydrogen) atoms. The molecule has 1 aliphatic carbocycles. The lowest BCUT2D eigenvalue weighted by Crippen LogP contribution is -2.37. The Bertz CT molecular complexity index is 1010. The number of benzene rings is 1. The number of carbonyl (C=O) groups excluding carboxylic acids is 2. The first-order chi connectivity index (χ1) is 14.1. The Kier molecular flexibility index (Phi) is 4.23. The average molecular weight is 392 g/mol. The Balaban J connectivity index is 1.65. The number of rotatable bonds is 3. The summed E-state index contributed by atoms with van der Waals surface area (Å²) >= 11 is 0. The number of carbonyl (C=O) groups is 2. The zero-order valence-electron chi connectivity index (χ0n) is 15.7. The molecule has 1 unspecified atom stereocenters. The highest BCUT2D eigenvalue weighted by Gasteiger charge is 2.49. The summed E-state index contributed by atoms with van der Waals surface area (Å²) in [5.41, 5.74) is 1.28. The molecule has 2 aromatic rings. The van der Waals surface area contributed by atoms with Gasteiger partial charge in [0.05, 0.1) is 11.6 Å². The molecule has 7 nitrogen and oxygen atoms in total. The van der Waals surface area contributed by atoms with Crippen LogP contribution in [0.3, 0.4) is 0 Å². The van der Waals surface area contributed by atoms with Gasteiger partial charge in [0.1, 0.15) is 5.76 Å². The van der Waals surface area contributed by atoms with Crippen LogP contribution < -0.4 is 9.47 Å². The summed E-state index contributed by atoms with van der Waals surface area (Å²) in [4.78, 5) is 31.7. The summed E-state index contributed by atoms with van der Waals surface area (Å²) < 4.78 is 10.7. The molecule has 5 rings (SSSR count). The zero-order valence-corrected chi connectivity index (χ0v) is 15.7. The van der Waals surface area contributed by atoms with Crippen LogP contribution >= 0.6 is 0 Å². The quantitative estimate of drug-likeness (QED) is 0.490. The van der Waals surface area contributed by atoms with Crippen LogP contribution in [-0.4, -0.2) is 39.5 Å². The molecule has 0 spiro atoms. The van der Waals surface area contributed by atoms with Crippen molar-refractivity contribution in [1.82, 2.24) is 9.88 Å². The molecule has 3 heterocycles. The van der Waals surface area contributed by atoms with Gasteiger partial charge in [0, 0.05) is 24.0 Å². The fourth-order valence-corrected chi connectivity index (χ4v) is 4.48. The standard InChI is InChI=1S/C22H20N2O5/c25-20(14-5-6-16-17(11-14)29-12-28-16)18-19(13-7-9-23-10-8-13)24(22(27)21(18)26)15-3-1-2-4-15/h5-11,15,19,25H,1-4,12H2/b20-18-. The lowest BCUT2D eigenvalue weighted by atomic mass is 9.95. The van der Waals surface area contributed by atoms with Crippen LogP contribution in [0.15, 0.2) is 48.3 Å². The lowest BCUT2D eigenvalue weighted by molar-refractivity contribution is -0.141. The predicted molar refractivity (Wildman–Crippen MR) is 103 cm³/mol. The fraction of sp³-hybridized carbons (Fsp3) is 0.318. The third-order valence-electron chi connectivity index (χ3n) is 5.87. The maximum Gasteiger partial charge on any atom is 0.295 e. The summed E-state index contributed by atoms with van der Waals surface area (Å²) in [6.45, 7) is 0.114. The van der Waals surface area contributed by atoms with Gasteiger partial charge in [0.2, 0.25) is 6.79 Å². The van der Waals surface area contributed by atoms with Gasteiger partial charge in [-0.15, -0.1) is 0 Å². The van der Waals surface area contributed by atoms with E-state index in [1.807, 2.05) is 0 Å². The van der Waals surface area contributed by atoms with Crippen LogP contribution in [0.5, 0.6) is 11.5 Å². The smallest absolute Gasteiger partial charge is 0.295 e. The van der Waals surface area contributed by atoms with E-state index in [0.717, 1.165) is 31.2 Å². The Morgan fingerprint density at radius 1 is 1.03 bits per heavy atom. The van der Waals surface area contributed by atoms with Crippen molar-refractivity contribution in [2.45, 2.75) is 37.8 Å². The maximum atomic E-state index is 13.0. The Hall–Kier alpha value is -3.35. The van der Waals surface area contributed by atoms with Gasteiger partial charge in [-0.25, -0.2) is 0 Å². The van der Waals surface area contributed by atoms with Crippen molar-refractivity contribution in [2.75, 3.05) is 6.79 Å². The first-order valence-electron chi connectivity index (χ1n) is 9.75. The molecule has 7 heteroatoms. The van der Waals surface area contributed by atoms with Crippen LogP contribution in [0.1, 0.15) is 42.9 Å². The number of fused-ring (bicyclic) bond motifs is 1. The van der Waals surface area contributed by atoms with E-state index in [2.05, 4.69) is 4.98 Å². The van der Waals surface area contributed by atoms with E-state index >= 15 is 0 Å². The molecule has 3 aliphatic rings. The molecule has 2 aliphatic heterocycles. The van der Waals surface area contributed by atoms with Crippen molar-refractivity contribution in [2.24, 2.45) is 0 Å². The monoisotopic (exact) mass is 392 g/mol. The Morgan fingerprint density at radius 2 is 1.76 bits per heavy atom. The number of ketones is 1. The number of hydrogen-bond donors (Lipinski definition) is 1. The average Bonchev–Trinajstić information content (AvgIpc) is 3.48. The number of aromatic nitrogens is 1. The van der Waals surface area contributed by atoms with E-state index in [1.54, 1.807) is 47.6 Å². The topological polar surface area (TPSA) is 89.0 Å². The predicted octanol–water partition coefficient (Wildman–Crippen LogP) is 3.17. The van der Waals surface area contributed by atoms with Crippen LogP contribution in [-0.2, 0) is 9.59 Å². The van der Waals surface area contributed by atoms with E-state index in [1.165, 1.54) is 0 Å². The molecule has 1 saturated heterocycles. The summed E-state index contributed by atoms with van der Waals surface area (Å²) in [5.74, 6) is -0.336. The molecule has 1 atom stereocenters. The van der Waals surface area contributed by atoms with Gasteiger partial charge in [0.15, 0.2) is 11.5 Å². The van der Waals surface area contributed by atoms with E-state index in [-0.39, 0.29) is 24.2 Å². The molecule has 1 aromatic carbocycles. The van der Waals surface area contributed by atoms with Crippen LogP contribution in [0.25, 0.3) is 5.76 Å². The normalized spacial score (nSPS) is 23.2. The first kappa shape index (κ1) is 17.7. The van der Waals surface area contributed by atoms with E-state index in [9.17, 15) is 14.7 Å². The summed E-state index contributed by atoms with van der Waals surface area (Å²) in [7, 11) is 0. The minimum absolute atomic E-state index is 0.00771. The van der Waals surface area contributed by atoms with Gasteiger partial charge in [-0.2, -0.15) is 0 Å². The van der Waals surface area contributed by atoms with E-state index in [4.69, 9.17) is 9.47 Å². The van der Waals surface area contributed by atoms with Crippen LogP contribution in [0.2, 0.25) is 0 Å². The molecule has 148 valence electrons. The fourth-order valence-electron chi connectivity index (χ4n) is 4.48. The highest BCUT2D eigenvalue weighted by atomic mass is 16.7. The Labute approximate surface area is 167 Å². The van der Waals surface area contributed by atoms with Gasteiger partial charge < -0.3 is 19.5 Å². The molecule has 1 aromatic heterocycles. The second kappa shape index (κ2) is 6.92. The zero-order chi connectivity index (χ0) is 20.0. The molecule has 1 saturated carbocycles. The SMILES string of the molecule is O=C1C(=O)N(C2CCCC2)C(c2ccncc2)/C1=C(/O)c1ccc2c(c1)OCO2. The molecule has 0 radical (unpaired) electrons. The minimum Gasteiger partial charge on any atom is -0.507 e. The molecule has 1 N–H and O–H groups in total. The second-order valence-corrected chi connectivity index (χ2v) is 7.49. The number of likely N-dealkylation sites (tertiary alicyclic amines) is 1. The number of nitrogens with zero attached hydrogens (tertiary/aromatic N) is 2. The third-order valence-corrected chi connectivity index (χ3v) is 5.87. The van der Waals surface area contributed by atoms with Crippen molar-refractivity contribution in [3.63, 3.8) is 0 Å². The van der Waals surface area contributed by atoms with Crippen molar-refractivity contribution in [3.8, 4) is 11.5 Å². The Morgan fingerprint density at radius 3 is 2.52 bits per heavy atom. The number of ether oxygens (including phenoxy) is 2. The van der Waals surface area contributed by atoms with Crippen molar-refractivity contribution < 1.29 is 24.2 Å².